The number of carbonyl (C=O) groups excluding carboxylic acids is 2. The fraction of sp³-hybridized carbons (Fsp3) is 0.273. The zero-order valence-corrected chi connectivity index (χ0v) is 8.74. The van der Waals surface area contributed by atoms with Crippen LogP contribution < -0.4 is 10.1 Å². The Morgan fingerprint density at radius 1 is 1.53 bits per heavy atom. The van der Waals surface area contributed by atoms with Gasteiger partial charge in [-0.15, -0.1) is 0 Å². The molecule has 80 valence electrons. The highest BCUT2D eigenvalue weighted by atomic mass is 16.5. The summed E-state index contributed by atoms with van der Waals surface area (Å²) >= 11 is 0. The molecule has 0 bridgehead atoms. The third kappa shape index (κ3) is 2.56. The molecule has 0 aromatic heterocycles. The van der Waals surface area contributed by atoms with Crippen molar-refractivity contribution in [1.82, 2.24) is 0 Å². The van der Waals surface area contributed by atoms with E-state index in [9.17, 15) is 9.59 Å². The van der Waals surface area contributed by atoms with Gasteiger partial charge in [0.25, 0.3) is 5.91 Å². The summed E-state index contributed by atoms with van der Waals surface area (Å²) in [7, 11) is 1.53. The van der Waals surface area contributed by atoms with Crippen molar-refractivity contribution in [2.75, 3.05) is 12.4 Å². The second kappa shape index (κ2) is 5.14. The van der Waals surface area contributed by atoms with Crippen LogP contribution in [0.1, 0.15) is 12.5 Å². The second-order valence-electron chi connectivity index (χ2n) is 2.96. The first kappa shape index (κ1) is 11.2. The number of ether oxygens (including phenoxy) is 1. The Balaban J connectivity index is 3.05. The van der Waals surface area contributed by atoms with Gasteiger partial charge in [-0.05, 0) is 18.1 Å². The Kier molecular flexibility index (Phi) is 3.85. The number of anilines is 1. The van der Waals surface area contributed by atoms with E-state index in [2.05, 4.69) is 5.32 Å². The Morgan fingerprint density at radius 3 is 2.80 bits per heavy atom. The molecule has 1 aromatic carbocycles. The van der Waals surface area contributed by atoms with E-state index in [-0.39, 0.29) is 6.29 Å². The standard InChI is InChI=1S/C11H13NO3/c1-3-8-5-4-6-9(11(8)15-2)12-10(14)7-13/h4-7H,3H2,1-2H3,(H,12,14). The van der Waals surface area contributed by atoms with Gasteiger partial charge in [-0.1, -0.05) is 19.1 Å². The smallest absolute Gasteiger partial charge is 0.288 e. The number of methoxy groups -OCH3 is 1. The van der Waals surface area contributed by atoms with Gasteiger partial charge in [-0.25, -0.2) is 0 Å². The lowest BCUT2D eigenvalue weighted by atomic mass is 10.1. The predicted molar refractivity (Wildman–Crippen MR) is 57.1 cm³/mol. The van der Waals surface area contributed by atoms with E-state index in [0.717, 1.165) is 12.0 Å². The van der Waals surface area contributed by atoms with Crippen LogP contribution in [0.15, 0.2) is 18.2 Å². The molecule has 15 heavy (non-hydrogen) atoms. The minimum Gasteiger partial charge on any atom is -0.494 e. The topological polar surface area (TPSA) is 55.4 Å². The molecule has 1 rings (SSSR count). The minimum absolute atomic E-state index is 0.234. The van der Waals surface area contributed by atoms with Crippen LogP contribution in [0.5, 0.6) is 5.75 Å². The number of amides is 1. The summed E-state index contributed by atoms with van der Waals surface area (Å²) in [5.74, 6) is -0.0725. The van der Waals surface area contributed by atoms with Gasteiger partial charge in [0.2, 0.25) is 6.29 Å². The molecular formula is C11H13NO3. The maximum Gasteiger partial charge on any atom is 0.288 e. The van der Waals surface area contributed by atoms with Crippen LogP contribution >= 0.6 is 0 Å². The number of benzene rings is 1. The molecule has 4 heteroatoms. The fourth-order valence-corrected chi connectivity index (χ4v) is 1.36. The summed E-state index contributed by atoms with van der Waals surface area (Å²) < 4.78 is 5.18. The number of para-hydroxylation sites is 1. The molecule has 0 atom stereocenters. The number of hydrogen-bond donors (Lipinski definition) is 1. The van der Waals surface area contributed by atoms with Crippen LogP contribution in [0.4, 0.5) is 5.69 Å². The molecule has 0 unspecified atom stereocenters. The molecule has 0 spiro atoms. The number of hydrogen-bond acceptors (Lipinski definition) is 3. The zero-order chi connectivity index (χ0) is 11.3. The van der Waals surface area contributed by atoms with Crippen molar-refractivity contribution in [2.24, 2.45) is 0 Å². The van der Waals surface area contributed by atoms with E-state index in [4.69, 9.17) is 4.74 Å². The van der Waals surface area contributed by atoms with Crippen LogP contribution in [0.3, 0.4) is 0 Å². The largest absolute Gasteiger partial charge is 0.494 e. The van der Waals surface area contributed by atoms with Gasteiger partial charge in [0.15, 0.2) is 0 Å². The molecule has 0 fully saturated rings. The van der Waals surface area contributed by atoms with E-state index in [1.807, 2.05) is 19.1 Å². The van der Waals surface area contributed by atoms with Crippen molar-refractivity contribution < 1.29 is 14.3 Å². The van der Waals surface area contributed by atoms with E-state index < -0.39 is 5.91 Å². The van der Waals surface area contributed by atoms with Crippen LogP contribution in [0.25, 0.3) is 0 Å². The quantitative estimate of drug-likeness (QED) is 0.599. The number of rotatable bonds is 4. The van der Waals surface area contributed by atoms with Crippen molar-refractivity contribution in [2.45, 2.75) is 13.3 Å². The minimum atomic E-state index is -0.679. The number of aryl methyl sites for hydroxylation is 1. The Morgan fingerprint density at radius 2 is 2.27 bits per heavy atom. The SMILES string of the molecule is CCc1cccc(NC(=O)C=O)c1OC. The van der Waals surface area contributed by atoms with E-state index in [1.54, 1.807) is 6.07 Å². The number of nitrogens with one attached hydrogen (secondary N) is 1. The van der Waals surface area contributed by atoms with E-state index >= 15 is 0 Å². The third-order valence-electron chi connectivity index (χ3n) is 2.05. The Hall–Kier alpha value is -1.84. The van der Waals surface area contributed by atoms with E-state index in [1.165, 1.54) is 7.11 Å². The van der Waals surface area contributed by atoms with Gasteiger partial charge in [0.05, 0.1) is 12.8 Å². The van der Waals surface area contributed by atoms with Crippen LogP contribution in [-0.2, 0) is 16.0 Å². The van der Waals surface area contributed by atoms with Gasteiger partial charge in [0, 0.05) is 0 Å². The third-order valence-corrected chi connectivity index (χ3v) is 2.05. The number of carbonyl (C=O) groups is 2. The normalized spacial score (nSPS) is 9.47. The molecule has 0 saturated carbocycles. The van der Waals surface area contributed by atoms with Gasteiger partial charge >= 0.3 is 0 Å². The summed E-state index contributed by atoms with van der Waals surface area (Å²) in [6.07, 6.45) is 1.03. The van der Waals surface area contributed by atoms with Crippen LogP contribution in [0.2, 0.25) is 0 Å². The lowest BCUT2D eigenvalue weighted by Crippen LogP contribution is -2.13. The zero-order valence-electron chi connectivity index (χ0n) is 8.74. The average Bonchev–Trinajstić information content (AvgIpc) is 2.28. The van der Waals surface area contributed by atoms with Crippen molar-refractivity contribution in [1.29, 1.82) is 0 Å². The lowest BCUT2D eigenvalue weighted by molar-refractivity contribution is -0.127. The van der Waals surface area contributed by atoms with Crippen LogP contribution in [0, 0.1) is 0 Å². The molecule has 0 aliphatic carbocycles. The fourth-order valence-electron chi connectivity index (χ4n) is 1.36. The first-order valence-corrected chi connectivity index (χ1v) is 4.65. The molecule has 0 heterocycles. The summed E-state index contributed by atoms with van der Waals surface area (Å²) in [5, 5.41) is 2.45. The van der Waals surface area contributed by atoms with Crippen LogP contribution in [-0.4, -0.2) is 19.3 Å². The van der Waals surface area contributed by atoms with Crippen molar-refractivity contribution in [3.8, 4) is 5.75 Å². The van der Waals surface area contributed by atoms with Crippen molar-refractivity contribution >= 4 is 17.9 Å². The monoisotopic (exact) mass is 207 g/mol. The molecule has 0 radical (unpaired) electrons. The average molecular weight is 207 g/mol. The molecule has 1 aromatic rings. The molecule has 1 amide bonds. The molecule has 0 saturated heterocycles. The van der Waals surface area contributed by atoms with Crippen molar-refractivity contribution in [3.05, 3.63) is 23.8 Å². The molecule has 1 N–H and O–H groups in total. The highest BCUT2D eigenvalue weighted by Gasteiger charge is 2.09. The van der Waals surface area contributed by atoms with Gasteiger partial charge < -0.3 is 10.1 Å². The first-order valence-electron chi connectivity index (χ1n) is 4.65. The van der Waals surface area contributed by atoms with E-state index in [0.29, 0.717) is 11.4 Å². The van der Waals surface area contributed by atoms with Gasteiger partial charge in [-0.2, -0.15) is 0 Å². The predicted octanol–water partition coefficient (Wildman–Crippen LogP) is 1.39. The maximum atomic E-state index is 10.9. The maximum absolute atomic E-state index is 10.9. The highest BCUT2D eigenvalue weighted by molar-refractivity contribution is 6.29. The van der Waals surface area contributed by atoms with Crippen molar-refractivity contribution in [3.63, 3.8) is 0 Å². The number of aldehydes is 1. The highest BCUT2D eigenvalue weighted by Crippen LogP contribution is 2.28. The molecule has 0 aliphatic heterocycles. The summed E-state index contributed by atoms with van der Waals surface area (Å²) in [6, 6.07) is 5.41. The molecule has 4 nitrogen and oxygen atoms in total. The second-order valence-corrected chi connectivity index (χ2v) is 2.96. The summed E-state index contributed by atoms with van der Waals surface area (Å²) in [4.78, 5) is 21.1. The Bertz CT molecular complexity index is 374. The lowest BCUT2D eigenvalue weighted by Gasteiger charge is -2.11. The van der Waals surface area contributed by atoms with Gasteiger partial charge in [-0.3, -0.25) is 9.59 Å². The first-order chi connectivity index (χ1) is 7.22. The summed E-state index contributed by atoms with van der Waals surface area (Å²) in [5.41, 5.74) is 1.51. The Labute approximate surface area is 88.2 Å². The molecule has 0 aliphatic rings. The summed E-state index contributed by atoms with van der Waals surface area (Å²) in [6.45, 7) is 1.99. The molecular weight excluding hydrogens is 194 g/mol. The van der Waals surface area contributed by atoms with Gasteiger partial charge in [0.1, 0.15) is 5.75 Å².